The molecule has 0 aliphatic rings. The van der Waals surface area contributed by atoms with Gasteiger partial charge in [0.1, 0.15) is 0 Å². The van der Waals surface area contributed by atoms with Gasteiger partial charge in [-0.3, -0.25) is 4.79 Å². The van der Waals surface area contributed by atoms with Crippen LogP contribution >= 0.6 is 0 Å². The predicted octanol–water partition coefficient (Wildman–Crippen LogP) is 15.1. The molecule has 0 heterocycles. The van der Waals surface area contributed by atoms with Crippen LogP contribution in [0.15, 0.2) is 0 Å². The monoisotopic (exact) mass is 705 g/mol. The summed E-state index contributed by atoms with van der Waals surface area (Å²) in [5.74, 6) is 3.01. The van der Waals surface area contributed by atoms with Gasteiger partial charge in [0.15, 0.2) is 0 Å². The van der Waals surface area contributed by atoms with E-state index in [0.717, 1.165) is 31.3 Å². The normalized spacial score (nSPS) is 13.7. The number of nitrogens with one attached hydrogen (secondary N) is 1. The van der Waals surface area contributed by atoms with Crippen LogP contribution in [-0.4, -0.2) is 38.0 Å². The van der Waals surface area contributed by atoms with Crippen molar-refractivity contribution >= 4 is 5.91 Å². The molecule has 0 aromatic carbocycles. The molecule has 0 bridgehead atoms. The molecule has 0 saturated carbocycles. The van der Waals surface area contributed by atoms with Crippen LogP contribution in [0, 0.1) is 23.7 Å². The third kappa shape index (κ3) is 34.5. The van der Waals surface area contributed by atoms with Gasteiger partial charge < -0.3 is 10.2 Å². The van der Waals surface area contributed by atoms with Crippen molar-refractivity contribution in [2.75, 3.05) is 27.2 Å². The molecule has 0 spiro atoms. The van der Waals surface area contributed by atoms with Gasteiger partial charge in [-0.05, 0) is 57.2 Å². The molecule has 1 amide bonds. The summed E-state index contributed by atoms with van der Waals surface area (Å²) in [7, 11) is 4.16. The van der Waals surface area contributed by atoms with E-state index in [1.54, 1.807) is 0 Å². The summed E-state index contributed by atoms with van der Waals surface area (Å²) in [5.41, 5.74) is 0. The van der Waals surface area contributed by atoms with Crippen molar-refractivity contribution in [3.63, 3.8) is 0 Å². The zero-order chi connectivity index (χ0) is 36.9. The first-order chi connectivity index (χ1) is 24.3. The van der Waals surface area contributed by atoms with Crippen LogP contribution in [0.3, 0.4) is 0 Å². The molecule has 3 heteroatoms. The summed E-state index contributed by atoms with van der Waals surface area (Å²) in [4.78, 5) is 14.6. The fourth-order valence-electron chi connectivity index (χ4n) is 8.04. The van der Waals surface area contributed by atoms with Gasteiger partial charge in [0.2, 0.25) is 5.91 Å². The van der Waals surface area contributed by atoms with Gasteiger partial charge in [0.25, 0.3) is 0 Å². The quantitative estimate of drug-likeness (QED) is 0.0644. The van der Waals surface area contributed by atoms with Crippen molar-refractivity contribution in [3.05, 3.63) is 0 Å². The van der Waals surface area contributed by atoms with Crippen molar-refractivity contribution in [1.29, 1.82) is 0 Å². The van der Waals surface area contributed by atoms with Crippen LogP contribution in [-0.2, 0) is 4.79 Å². The Labute approximate surface area is 317 Å². The van der Waals surface area contributed by atoms with E-state index in [2.05, 4.69) is 58.9 Å². The Balaban J connectivity index is 4.38. The number of nitrogens with zero attached hydrogens (tertiary/aromatic N) is 1. The van der Waals surface area contributed by atoms with Crippen molar-refractivity contribution in [2.24, 2.45) is 23.7 Å². The van der Waals surface area contributed by atoms with E-state index >= 15 is 0 Å². The number of carbonyl (C=O) groups excluding carboxylic acids is 1. The minimum Gasteiger partial charge on any atom is -0.356 e. The van der Waals surface area contributed by atoms with E-state index < -0.39 is 0 Å². The highest BCUT2D eigenvalue weighted by molar-refractivity contribution is 5.75. The lowest BCUT2D eigenvalue weighted by molar-refractivity contribution is -0.121. The van der Waals surface area contributed by atoms with E-state index in [4.69, 9.17) is 0 Å². The third-order valence-corrected chi connectivity index (χ3v) is 12.1. The van der Waals surface area contributed by atoms with Gasteiger partial charge in [0, 0.05) is 13.0 Å². The molecular formula is C47H96N2O. The highest BCUT2D eigenvalue weighted by Gasteiger charge is 2.23. The van der Waals surface area contributed by atoms with Gasteiger partial charge in [-0.15, -0.1) is 0 Å². The van der Waals surface area contributed by atoms with Gasteiger partial charge in [-0.1, -0.05) is 227 Å². The lowest BCUT2D eigenvalue weighted by atomic mass is 9.77. The van der Waals surface area contributed by atoms with Gasteiger partial charge in [0.05, 0.1) is 0 Å². The van der Waals surface area contributed by atoms with Crippen LogP contribution in [0.25, 0.3) is 0 Å². The molecule has 0 aliphatic carbocycles. The number of carbonyl (C=O) groups is 1. The molecule has 0 radical (unpaired) electrons. The lowest BCUT2D eigenvalue weighted by Gasteiger charge is -2.30. The molecule has 3 nitrogen and oxygen atoms in total. The zero-order valence-corrected chi connectivity index (χ0v) is 35.9. The lowest BCUT2D eigenvalue weighted by Crippen LogP contribution is -2.33. The van der Waals surface area contributed by atoms with Gasteiger partial charge >= 0.3 is 0 Å². The Morgan fingerprint density at radius 1 is 0.480 bits per heavy atom. The first kappa shape index (κ1) is 49.4. The maximum absolute atomic E-state index is 12.4. The van der Waals surface area contributed by atoms with E-state index in [-0.39, 0.29) is 5.91 Å². The standard InChI is InChI=1S/C47H96N2O/c1-8-10-12-14-16-18-20-22-24-26-28-30-32-34-37-46(38-35-33-31-29-27-25-23-21-19-17-15-13-11-9-2)41-43(3)45(5)44(4)42-48-47(50)39-36-40-49(6)7/h43-46H,8-42H2,1-7H3,(H,48,50). The highest BCUT2D eigenvalue weighted by atomic mass is 16.1. The second-order valence-corrected chi connectivity index (χ2v) is 17.4. The summed E-state index contributed by atoms with van der Waals surface area (Å²) >= 11 is 0. The molecule has 50 heavy (non-hydrogen) atoms. The first-order valence-corrected chi connectivity index (χ1v) is 23.2. The molecule has 0 aromatic rings. The molecule has 1 N–H and O–H groups in total. The molecule has 0 saturated heterocycles. The number of rotatable bonds is 40. The Morgan fingerprint density at radius 2 is 0.820 bits per heavy atom. The van der Waals surface area contributed by atoms with E-state index in [1.807, 2.05) is 0 Å². The third-order valence-electron chi connectivity index (χ3n) is 12.1. The van der Waals surface area contributed by atoms with E-state index in [9.17, 15) is 4.79 Å². The Bertz CT molecular complexity index is 646. The average Bonchev–Trinajstić information content (AvgIpc) is 3.10. The molecule has 3 atom stereocenters. The maximum atomic E-state index is 12.4. The van der Waals surface area contributed by atoms with Gasteiger partial charge in [-0.2, -0.15) is 0 Å². The molecule has 0 rings (SSSR count). The minimum absolute atomic E-state index is 0.229. The average molecular weight is 705 g/mol. The van der Waals surface area contributed by atoms with Crippen LogP contribution in [0.1, 0.15) is 247 Å². The second-order valence-electron chi connectivity index (χ2n) is 17.4. The Hall–Kier alpha value is -0.570. The topological polar surface area (TPSA) is 32.3 Å². The fraction of sp³-hybridized carbons (Fsp3) is 0.979. The summed E-state index contributed by atoms with van der Waals surface area (Å²) < 4.78 is 0. The van der Waals surface area contributed by atoms with E-state index in [0.29, 0.717) is 18.3 Å². The van der Waals surface area contributed by atoms with Gasteiger partial charge in [-0.25, -0.2) is 0 Å². The number of amides is 1. The molecule has 3 unspecified atom stereocenters. The number of hydrogen-bond donors (Lipinski definition) is 1. The number of hydrogen-bond acceptors (Lipinski definition) is 2. The van der Waals surface area contributed by atoms with Crippen LogP contribution < -0.4 is 5.32 Å². The molecular weight excluding hydrogens is 609 g/mol. The van der Waals surface area contributed by atoms with Crippen molar-refractivity contribution in [1.82, 2.24) is 10.2 Å². The van der Waals surface area contributed by atoms with Crippen LogP contribution in [0.4, 0.5) is 0 Å². The van der Waals surface area contributed by atoms with Crippen LogP contribution in [0.5, 0.6) is 0 Å². The van der Waals surface area contributed by atoms with E-state index in [1.165, 1.54) is 199 Å². The summed E-state index contributed by atoms with van der Waals surface area (Å²) in [6.07, 6.45) is 46.3. The largest absolute Gasteiger partial charge is 0.356 e. The first-order valence-electron chi connectivity index (χ1n) is 23.2. The number of unbranched alkanes of at least 4 members (excludes halogenated alkanes) is 26. The Morgan fingerprint density at radius 3 is 1.16 bits per heavy atom. The predicted molar refractivity (Wildman–Crippen MR) is 226 cm³/mol. The maximum Gasteiger partial charge on any atom is 0.220 e. The summed E-state index contributed by atoms with van der Waals surface area (Å²) in [6, 6.07) is 0. The molecule has 0 aliphatic heterocycles. The molecule has 0 aromatic heterocycles. The zero-order valence-electron chi connectivity index (χ0n) is 35.9. The molecule has 0 fully saturated rings. The molecule has 300 valence electrons. The second kappa shape index (κ2) is 38.2. The van der Waals surface area contributed by atoms with Crippen molar-refractivity contribution in [2.45, 2.75) is 247 Å². The summed E-state index contributed by atoms with van der Waals surface area (Å²) in [5, 5.41) is 3.25. The smallest absolute Gasteiger partial charge is 0.220 e. The van der Waals surface area contributed by atoms with Crippen molar-refractivity contribution in [3.8, 4) is 0 Å². The Kier molecular flexibility index (Phi) is 37.7. The SMILES string of the molecule is CCCCCCCCCCCCCCCCC(CCCCCCCCCCCCCCCC)CC(C)C(C)C(C)CNC(=O)CCCN(C)C. The fourth-order valence-corrected chi connectivity index (χ4v) is 8.04. The highest BCUT2D eigenvalue weighted by Crippen LogP contribution is 2.31. The summed E-state index contributed by atoms with van der Waals surface area (Å²) in [6.45, 7) is 13.7. The van der Waals surface area contributed by atoms with Crippen molar-refractivity contribution < 1.29 is 4.79 Å². The minimum atomic E-state index is 0.229. The van der Waals surface area contributed by atoms with Crippen LogP contribution in [0.2, 0.25) is 0 Å².